The Morgan fingerprint density at radius 2 is 1.45 bits per heavy atom. The Morgan fingerprint density at radius 1 is 0.793 bits per heavy atom. The van der Waals surface area contributed by atoms with Crippen molar-refractivity contribution in [2.45, 2.75) is 6.61 Å². The van der Waals surface area contributed by atoms with Crippen molar-refractivity contribution in [2.24, 2.45) is 0 Å². The first-order valence-corrected chi connectivity index (χ1v) is 9.18. The van der Waals surface area contributed by atoms with E-state index in [0.29, 0.717) is 5.69 Å². The number of carbonyl (C=O) groups is 2. The van der Waals surface area contributed by atoms with Crippen LogP contribution in [0.2, 0.25) is 0 Å². The van der Waals surface area contributed by atoms with Crippen molar-refractivity contribution < 1.29 is 19.1 Å². The highest BCUT2D eigenvalue weighted by atomic mass is 16.5. The summed E-state index contributed by atoms with van der Waals surface area (Å²) in [6.07, 6.45) is 2.99. The molecule has 0 saturated heterocycles. The molecule has 0 atom stereocenters. The number of ether oxygens (including phenoxy) is 2. The molecular formula is C24H21NO4. The highest BCUT2D eigenvalue weighted by Gasteiger charge is 2.14. The van der Waals surface area contributed by atoms with E-state index in [-0.39, 0.29) is 18.8 Å². The van der Waals surface area contributed by atoms with Gasteiger partial charge in [-0.15, -0.1) is 0 Å². The summed E-state index contributed by atoms with van der Waals surface area (Å²) in [6, 6.07) is 25.7. The van der Waals surface area contributed by atoms with E-state index in [0.717, 1.165) is 11.1 Å². The van der Waals surface area contributed by atoms with Gasteiger partial charge in [0.05, 0.1) is 11.3 Å². The second kappa shape index (κ2) is 10.5. The highest BCUT2D eigenvalue weighted by Crippen LogP contribution is 2.17. The summed E-state index contributed by atoms with van der Waals surface area (Å²) in [6.45, 7) is 0.268. The van der Waals surface area contributed by atoms with E-state index < -0.39 is 12.1 Å². The average Bonchev–Trinajstić information content (AvgIpc) is 2.77. The van der Waals surface area contributed by atoms with Gasteiger partial charge in [0.25, 0.3) is 0 Å². The van der Waals surface area contributed by atoms with E-state index in [4.69, 9.17) is 9.47 Å². The third kappa shape index (κ3) is 6.36. The number of hydrogen-bond acceptors (Lipinski definition) is 4. The van der Waals surface area contributed by atoms with Gasteiger partial charge in [0.2, 0.25) is 0 Å². The van der Waals surface area contributed by atoms with Crippen LogP contribution < -0.4 is 5.32 Å². The number of nitrogens with one attached hydrogen (secondary N) is 1. The number of amides is 1. The quantitative estimate of drug-likeness (QED) is 0.558. The fraction of sp³-hybridized carbons (Fsp3) is 0.0833. The largest absolute Gasteiger partial charge is 0.458 e. The van der Waals surface area contributed by atoms with Gasteiger partial charge in [-0.25, -0.2) is 9.59 Å². The normalized spacial score (nSPS) is 10.5. The molecule has 3 aromatic rings. The number of carbonyl (C=O) groups excluding carboxylic acids is 2. The van der Waals surface area contributed by atoms with Gasteiger partial charge in [0.15, 0.2) is 0 Å². The fourth-order valence-electron chi connectivity index (χ4n) is 2.59. The molecule has 0 unspecified atom stereocenters. The first-order valence-electron chi connectivity index (χ1n) is 9.18. The van der Waals surface area contributed by atoms with Crippen molar-refractivity contribution in [3.63, 3.8) is 0 Å². The second-order valence-electron chi connectivity index (χ2n) is 6.14. The molecule has 0 spiro atoms. The molecule has 3 aromatic carbocycles. The van der Waals surface area contributed by atoms with Gasteiger partial charge in [-0.1, -0.05) is 78.9 Å². The molecule has 0 saturated carbocycles. The first kappa shape index (κ1) is 19.9. The van der Waals surface area contributed by atoms with E-state index in [1.165, 1.54) is 0 Å². The van der Waals surface area contributed by atoms with Crippen molar-refractivity contribution in [3.8, 4) is 0 Å². The molecule has 29 heavy (non-hydrogen) atoms. The lowest BCUT2D eigenvalue weighted by Gasteiger charge is -2.11. The lowest BCUT2D eigenvalue weighted by atomic mass is 10.2. The van der Waals surface area contributed by atoms with E-state index in [2.05, 4.69) is 5.32 Å². The molecule has 0 heterocycles. The fourth-order valence-corrected chi connectivity index (χ4v) is 2.59. The average molecular weight is 387 g/mol. The molecule has 0 aliphatic heterocycles. The number of hydrogen-bond donors (Lipinski definition) is 1. The third-order valence-electron chi connectivity index (χ3n) is 4.02. The highest BCUT2D eigenvalue weighted by molar-refractivity contribution is 5.99. The first-order chi connectivity index (χ1) is 14.2. The summed E-state index contributed by atoms with van der Waals surface area (Å²) in [5.74, 6) is -0.526. The SMILES string of the molecule is O=C(Nc1ccccc1C(=O)OC/C=C/c1ccccc1)OCc1ccccc1. The molecule has 0 aliphatic carbocycles. The molecule has 0 radical (unpaired) electrons. The van der Waals surface area contributed by atoms with Crippen LogP contribution in [0, 0.1) is 0 Å². The van der Waals surface area contributed by atoms with Gasteiger partial charge in [0.1, 0.15) is 13.2 Å². The summed E-state index contributed by atoms with van der Waals surface area (Å²) in [7, 11) is 0. The molecule has 0 fully saturated rings. The summed E-state index contributed by atoms with van der Waals surface area (Å²) in [4.78, 5) is 24.5. The smallest absolute Gasteiger partial charge is 0.411 e. The molecular weight excluding hydrogens is 366 g/mol. The maximum atomic E-state index is 12.4. The van der Waals surface area contributed by atoms with Gasteiger partial charge in [-0.05, 0) is 29.3 Å². The van der Waals surface area contributed by atoms with E-state index in [1.54, 1.807) is 30.3 Å². The van der Waals surface area contributed by atoms with Crippen LogP contribution in [0.25, 0.3) is 6.08 Å². The molecule has 1 N–H and O–H groups in total. The standard InChI is InChI=1S/C24H21NO4/c26-23(28-17-9-14-19-10-3-1-4-11-19)21-15-7-8-16-22(21)25-24(27)29-18-20-12-5-2-6-13-20/h1-16H,17-18H2,(H,25,27)/b14-9+. The van der Waals surface area contributed by atoms with Gasteiger partial charge in [-0.2, -0.15) is 0 Å². The van der Waals surface area contributed by atoms with E-state index in [1.807, 2.05) is 66.7 Å². The number of esters is 1. The van der Waals surface area contributed by atoms with Crippen LogP contribution in [0.1, 0.15) is 21.5 Å². The zero-order valence-corrected chi connectivity index (χ0v) is 15.8. The Kier molecular flexibility index (Phi) is 7.18. The second-order valence-corrected chi connectivity index (χ2v) is 6.14. The summed E-state index contributed by atoms with van der Waals surface area (Å²) in [5.41, 5.74) is 2.49. The zero-order chi connectivity index (χ0) is 20.3. The van der Waals surface area contributed by atoms with Crippen LogP contribution in [-0.4, -0.2) is 18.7 Å². The lowest BCUT2D eigenvalue weighted by Crippen LogP contribution is -2.17. The van der Waals surface area contributed by atoms with Crippen molar-refractivity contribution in [1.82, 2.24) is 0 Å². The van der Waals surface area contributed by atoms with Crippen molar-refractivity contribution in [1.29, 1.82) is 0 Å². The molecule has 3 rings (SSSR count). The minimum Gasteiger partial charge on any atom is -0.458 e. The van der Waals surface area contributed by atoms with Crippen LogP contribution in [0.4, 0.5) is 10.5 Å². The molecule has 146 valence electrons. The Morgan fingerprint density at radius 3 is 2.21 bits per heavy atom. The molecule has 5 heteroatoms. The maximum Gasteiger partial charge on any atom is 0.411 e. The number of para-hydroxylation sites is 1. The molecule has 0 aliphatic rings. The molecule has 1 amide bonds. The molecule has 0 bridgehead atoms. The van der Waals surface area contributed by atoms with Crippen molar-refractivity contribution >= 4 is 23.8 Å². The van der Waals surface area contributed by atoms with E-state index in [9.17, 15) is 9.59 Å². The predicted molar refractivity (Wildman–Crippen MR) is 112 cm³/mol. The van der Waals surface area contributed by atoms with Gasteiger partial charge in [-0.3, -0.25) is 5.32 Å². The monoisotopic (exact) mass is 387 g/mol. The number of rotatable bonds is 7. The Hall–Kier alpha value is -3.86. The lowest BCUT2D eigenvalue weighted by molar-refractivity contribution is 0.0551. The third-order valence-corrected chi connectivity index (χ3v) is 4.02. The van der Waals surface area contributed by atoms with Crippen LogP contribution in [-0.2, 0) is 16.1 Å². The number of benzene rings is 3. The van der Waals surface area contributed by atoms with Gasteiger partial charge in [0, 0.05) is 0 Å². The minimum atomic E-state index is -0.641. The minimum absolute atomic E-state index is 0.126. The zero-order valence-electron chi connectivity index (χ0n) is 15.8. The van der Waals surface area contributed by atoms with Crippen LogP contribution in [0.15, 0.2) is 91.0 Å². The van der Waals surface area contributed by atoms with Crippen LogP contribution >= 0.6 is 0 Å². The van der Waals surface area contributed by atoms with Crippen LogP contribution in [0.3, 0.4) is 0 Å². The molecule has 0 aromatic heterocycles. The predicted octanol–water partition coefficient (Wildman–Crippen LogP) is 5.31. The Bertz CT molecular complexity index is 968. The van der Waals surface area contributed by atoms with E-state index >= 15 is 0 Å². The van der Waals surface area contributed by atoms with Crippen molar-refractivity contribution in [2.75, 3.05) is 11.9 Å². The summed E-state index contributed by atoms with van der Waals surface area (Å²) in [5, 5.41) is 2.60. The van der Waals surface area contributed by atoms with Gasteiger partial charge < -0.3 is 9.47 Å². The molecule has 5 nitrogen and oxygen atoms in total. The summed E-state index contributed by atoms with van der Waals surface area (Å²) < 4.78 is 10.5. The Labute approximate surface area is 169 Å². The van der Waals surface area contributed by atoms with Crippen molar-refractivity contribution in [3.05, 3.63) is 108 Å². The maximum absolute atomic E-state index is 12.4. The number of anilines is 1. The van der Waals surface area contributed by atoms with Gasteiger partial charge >= 0.3 is 12.1 Å². The Balaban J connectivity index is 1.54. The van der Waals surface area contributed by atoms with Crippen LogP contribution in [0.5, 0.6) is 0 Å². The summed E-state index contributed by atoms with van der Waals surface area (Å²) >= 11 is 0. The topological polar surface area (TPSA) is 64.6 Å².